The first-order valence-electron chi connectivity index (χ1n) is 11.1. The van der Waals surface area contributed by atoms with Crippen molar-refractivity contribution in [2.45, 2.75) is 30.3 Å². The predicted molar refractivity (Wildman–Crippen MR) is 138 cm³/mol. The number of thiazole rings is 1. The van der Waals surface area contributed by atoms with E-state index in [1.165, 1.54) is 35.2 Å². The van der Waals surface area contributed by atoms with Crippen LogP contribution in [-0.4, -0.2) is 45.5 Å². The number of hydrogen-bond donors (Lipinski definition) is 1. The molecular weight excluding hydrogens is 507 g/mol. The van der Waals surface area contributed by atoms with Gasteiger partial charge in [-0.15, -0.1) is 29.7 Å². The number of thioether (sulfide) groups is 1. The molecule has 1 aliphatic heterocycles. The number of halogens is 2. The topological polar surface area (TPSA) is 75.2 Å². The molecule has 1 fully saturated rings. The molecule has 4 rings (SSSR count). The van der Waals surface area contributed by atoms with Gasteiger partial charge in [-0.25, -0.2) is 14.4 Å². The molecular formula is C25H24ClFN4O2S2. The highest BCUT2D eigenvalue weighted by Gasteiger charge is 2.28. The average Bonchev–Trinajstić information content (AvgIpc) is 3.38. The largest absolute Gasteiger partial charge is 0.347 e. The Labute approximate surface area is 216 Å². The first-order valence-corrected chi connectivity index (χ1v) is 13.4. The van der Waals surface area contributed by atoms with Gasteiger partial charge >= 0.3 is 0 Å². The fraction of sp³-hybridized carbons (Fsp3) is 0.280. The van der Waals surface area contributed by atoms with Gasteiger partial charge in [-0.1, -0.05) is 23.7 Å². The fourth-order valence-corrected chi connectivity index (χ4v) is 5.70. The van der Waals surface area contributed by atoms with Crippen LogP contribution in [0.5, 0.6) is 0 Å². The van der Waals surface area contributed by atoms with Gasteiger partial charge in [0.05, 0.1) is 15.6 Å². The number of aromatic nitrogens is 2. The molecule has 0 unspecified atom stereocenters. The van der Waals surface area contributed by atoms with Crippen molar-refractivity contribution in [2.75, 3.05) is 18.8 Å². The van der Waals surface area contributed by atoms with Crippen LogP contribution >= 0.6 is 34.7 Å². The monoisotopic (exact) mass is 530 g/mol. The molecule has 1 aliphatic rings. The summed E-state index contributed by atoms with van der Waals surface area (Å²) in [4.78, 5) is 36.4. The number of carbonyl (C=O) groups is 2. The molecule has 35 heavy (non-hydrogen) atoms. The molecule has 1 N–H and O–H groups in total. The quantitative estimate of drug-likeness (QED) is 0.305. The van der Waals surface area contributed by atoms with Crippen LogP contribution in [0.25, 0.3) is 0 Å². The van der Waals surface area contributed by atoms with E-state index in [1.54, 1.807) is 29.8 Å². The molecule has 1 aromatic carbocycles. The number of hydrogen-bond acceptors (Lipinski definition) is 6. The molecule has 1 saturated heterocycles. The Kier molecular flexibility index (Phi) is 8.54. The van der Waals surface area contributed by atoms with E-state index in [0.29, 0.717) is 35.7 Å². The first kappa shape index (κ1) is 25.3. The SMILES string of the molecule is C=CCSc1ncccc1C(=O)N1CCC(c2nc(C(=O)NCc3ccc(F)c(Cl)c3)cs2)CC1. The molecule has 10 heteroatoms. The van der Waals surface area contributed by atoms with E-state index in [0.717, 1.165) is 22.9 Å². The summed E-state index contributed by atoms with van der Waals surface area (Å²) in [6, 6.07) is 7.95. The van der Waals surface area contributed by atoms with Crippen LogP contribution in [0.3, 0.4) is 0 Å². The maximum absolute atomic E-state index is 13.3. The second-order valence-electron chi connectivity index (χ2n) is 8.02. The third-order valence-electron chi connectivity index (χ3n) is 5.66. The summed E-state index contributed by atoms with van der Waals surface area (Å²) in [5.74, 6) is 0.0952. The minimum absolute atomic E-state index is 0.0109. The van der Waals surface area contributed by atoms with Crippen LogP contribution in [-0.2, 0) is 6.54 Å². The third kappa shape index (κ3) is 6.28. The summed E-state index contributed by atoms with van der Waals surface area (Å²) in [6.07, 6.45) is 5.05. The van der Waals surface area contributed by atoms with Crippen LogP contribution < -0.4 is 5.32 Å². The molecule has 0 spiro atoms. The Morgan fingerprint density at radius 3 is 2.86 bits per heavy atom. The Morgan fingerprint density at radius 2 is 2.11 bits per heavy atom. The molecule has 3 heterocycles. The summed E-state index contributed by atoms with van der Waals surface area (Å²) in [6.45, 7) is 5.20. The number of nitrogens with zero attached hydrogens (tertiary/aromatic N) is 3. The van der Waals surface area contributed by atoms with Crippen LogP contribution in [0.4, 0.5) is 4.39 Å². The molecule has 3 aromatic rings. The van der Waals surface area contributed by atoms with Gasteiger partial charge in [0.15, 0.2) is 0 Å². The van der Waals surface area contributed by atoms with E-state index in [9.17, 15) is 14.0 Å². The van der Waals surface area contributed by atoms with Crippen LogP contribution in [0, 0.1) is 5.82 Å². The van der Waals surface area contributed by atoms with E-state index < -0.39 is 5.82 Å². The highest BCUT2D eigenvalue weighted by molar-refractivity contribution is 7.99. The van der Waals surface area contributed by atoms with Crippen molar-refractivity contribution >= 4 is 46.5 Å². The first-order chi connectivity index (χ1) is 17.0. The molecule has 6 nitrogen and oxygen atoms in total. The predicted octanol–water partition coefficient (Wildman–Crippen LogP) is 5.56. The second kappa shape index (κ2) is 11.8. The van der Waals surface area contributed by atoms with Crippen molar-refractivity contribution < 1.29 is 14.0 Å². The van der Waals surface area contributed by atoms with Gasteiger partial charge in [0.2, 0.25) is 0 Å². The molecule has 2 amide bonds. The number of amides is 2. The van der Waals surface area contributed by atoms with Crippen LogP contribution in [0.15, 0.2) is 59.6 Å². The lowest BCUT2D eigenvalue weighted by atomic mass is 9.97. The maximum Gasteiger partial charge on any atom is 0.271 e. The minimum Gasteiger partial charge on any atom is -0.347 e. The summed E-state index contributed by atoms with van der Waals surface area (Å²) in [5, 5.41) is 6.18. The molecule has 0 bridgehead atoms. The van der Waals surface area contributed by atoms with Gasteiger partial charge in [-0.05, 0) is 42.7 Å². The zero-order chi connectivity index (χ0) is 24.8. The Hall–Kier alpha value is -2.75. The van der Waals surface area contributed by atoms with Gasteiger partial charge in [0.25, 0.3) is 11.8 Å². The van der Waals surface area contributed by atoms with Gasteiger partial charge in [-0.3, -0.25) is 9.59 Å². The van der Waals surface area contributed by atoms with E-state index >= 15 is 0 Å². The van der Waals surface area contributed by atoms with E-state index in [2.05, 4.69) is 21.9 Å². The summed E-state index contributed by atoms with van der Waals surface area (Å²) in [5.41, 5.74) is 1.68. The lowest BCUT2D eigenvalue weighted by Gasteiger charge is -2.31. The zero-order valence-corrected chi connectivity index (χ0v) is 21.3. The number of pyridine rings is 1. The number of benzene rings is 1. The van der Waals surface area contributed by atoms with Crippen LogP contribution in [0.1, 0.15) is 50.2 Å². The van der Waals surface area contributed by atoms with E-state index in [-0.39, 0.29) is 29.3 Å². The van der Waals surface area contributed by atoms with Crippen LogP contribution in [0.2, 0.25) is 5.02 Å². The highest BCUT2D eigenvalue weighted by Crippen LogP contribution is 2.31. The summed E-state index contributed by atoms with van der Waals surface area (Å²) < 4.78 is 13.3. The van der Waals surface area contributed by atoms with E-state index in [4.69, 9.17) is 11.6 Å². The van der Waals surface area contributed by atoms with Crippen molar-refractivity contribution in [1.29, 1.82) is 0 Å². The average molecular weight is 531 g/mol. The fourth-order valence-electron chi connectivity index (χ4n) is 3.81. The Balaban J connectivity index is 1.32. The Morgan fingerprint density at radius 1 is 1.31 bits per heavy atom. The van der Waals surface area contributed by atoms with Gasteiger partial charge in [-0.2, -0.15) is 0 Å². The second-order valence-corrected chi connectivity index (χ2v) is 10.3. The molecule has 0 atom stereocenters. The number of piperidine rings is 1. The number of carbonyl (C=O) groups excluding carboxylic acids is 2. The minimum atomic E-state index is -0.494. The lowest BCUT2D eigenvalue weighted by Crippen LogP contribution is -2.38. The normalized spacial score (nSPS) is 14.1. The van der Waals surface area contributed by atoms with Crippen molar-refractivity contribution in [1.82, 2.24) is 20.2 Å². The Bertz CT molecular complexity index is 1230. The maximum atomic E-state index is 13.3. The van der Waals surface area contributed by atoms with Crippen molar-refractivity contribution in [3.63, 3.8) is 0 Å². The number of nitrogens with one attached hydrogen (secondary N) is 1. The van der Waals surface area contributed by atoms with Gasteiger partial charge in [0, 0.05) is 42.9 Å². The smallest absolute Gasteiger partial charge is 0.271 e. The molecule has 0 aliphatic carbocycles. The zero-order valence-electron chi connectivity index (χ0n) is 18.9. The molecule has 2 aromatic heterocycles. The van der Waals surface area contributed by atoms with Crippen molar-refractivity contribution in [2.24, 2.45) is 0 Å². The molecule has 182 valence electrons. The van der Waals surface area contributed by atoms with Crippen molar-refractivity contribution in [3.8, 4) is 0 Å². The van der Waals surface area contributed by atoms with E-state index in [1.807, 2.05) is 11.0 Å². The number of likely N-dealkylation sites (tertiary alicyclic amines) is 1. The van der Waals surface area contributed by atoms with Crippen molar-refractivity contribution in [3.05, 3.63) is 87.2 Å². The van der Waals surface area contributed by atoms with Gasteiger partial charge < -0.3 is 10.2 Å². The molecule has 0 saturated carbocycles. The lowest BCUT2D eigenvalue weighted by molar-refractivity contribution is 0.0708. The highest BCUT2D eigenvalue weighted by atomic mass is 35.5. The number of rotatable bonds is 8. The van der Waals surface area contributed by atoms with Gasteiger partial charge in [0.1, 0.15) is 16.5 Å². The standard InChI is InChI=1S/C25H24ClFN4O2S2/c1-2-12-34-24-18(4-3-9-28-24)25(33)31-10-7-17(8-11-31)23-30-21(15-35-23)22(32)29-14-16-5-6-20(27)19(26)13-16/h2-6,9,13,15,17H,1,7-8,10-12,14H2,(H,29,32). The third-order valence-corrected chi connectivity index (χ3v) is 7.96. The molecule has 0 radical (unpaired) electrons. The summed E-state index contributed by atoms with van der Waals surface area (Å²) >= 11 is 8.76. The summed E-state index contributed by atoms with van der Waals surface area (Å²) in [7, 11) is 0.